The van der Waals surface area contributed by atoms with Crippen molar-refractivity contribution in [1.29, 1.82) is 0 Å². The first-order valence-electron chi connectivity index (χ1n) is 3.59. The van der Waals surface area contributed by atoms with Gasteiger partial charge in [0.1, 0.15) is 0 Å². The van der Waals surface area contributed by atoms with Crippen molar-refractivity contribution in [3.63, 3.8) is 0 Å². The van der Waals surface area contributed by atoms with Crippen molar-refractivity contribution < 1.29 is 9.90 Å². The Kier molecular flexibility index (Phi) is 2.63. The largest absolute Gasteiger partial charge is 0.465 e. The molecule has 1 amide bonds. The van der Waals surface area contributed by atoms with Crippen LogP contribution in [0.25, 0.3) is 0 Å². The number of rotatable bonds is 2. The maximum Gasteiger partial charge on any atom is 0.405 e. The van der Waals surface area contributed by atoms with Crippen LogP contribution in [-0.2, 0) is 0 Å². The summed E-state index contributed by atoms with van der Waals surface area (Å²) in [6, 6.07) is 3.39. The topological polar surface area (TPSA) is 62.2 Å². The van der Waals surface area contributed by atoms with E-state index < -0.39 is 6.09 Å². The van der Waals surface area contributed by atoms with E-state index in [4.69, 9.17) is 5.11 Å². The minimum absolute atomic E-state index is 0.212. The molecule has 2 N–H and O–H groups in total. The van der Waals surface area contributed by atoms with Crippen LogP contribution in [-0.4, -0.2) is 16.2 Å². The molecular weight excluding hydrogens is 156 g/mol. The number of nitrogens with zero attached hydrogens (tertiary/aromatic N) is 1. The van der Waals surface area contributed by atoms with Crippen LogP contribution in [0.5, 0.6) is 0 Å². The molecule has 0 saturated carbocycles. The molecule has 1 rings (SSSR count). The van der Waals surface area contributed by atoms with Crippen LogP contribution in [0, 0.1) is 0 Å². The van der Waals surface area contributed by atoms with E-state index in [1.54, 1.807) is 25.4 Å². The molecule has 64 valence electrons. The minimum atomic E-state index is -1.02. The van der Waals surface area contributed by atoms with Gasteiger partial charge in [-0.1, -0.05) is 6.07 Å². The van der Waals surface area contributed by atoms with Gasteiger partial charge in [-0.15, -0.1) is 0 Å². The van der Waals surface area contributed by atoms with E-state index in [0.717, 1.165) is 5.56 Å². The lowest BCUT2D eigenvalue weighted by atomic mass is 10.1. The van der Waals surface area contributed by atoms with Crippen molar-refractivity contribution in [1.82, 2.24) is 10.3 Å². The highest BCUT2D eigenvalue weighted by molar-refractivity contribution is 5.65. The van der Waals surface area contributed by atoms with Crippen LogP contribution >= 0.6 is 0 Å². The van der Waals surface area contributed by atoms with Crippen molar-refractivity contribution in [3.8, 4) is 0 Å². The number of carbonyl (C=O) groups is 1. The summed E-state index contributed by atoms with van der Waals surface area (Å²) in [6.07, 6.45) is 2.27. The first kappa shape index (κ1) is 8.52. The monoisotopic (exact) mass is 166 g/mol. The van der Waals surface area contributed by atoms with Crippen LogP contribution in [0.1, 0.15) is 18.5 Å². The zero-order valence-electron chi connectivity index (χ0n) is 6.69. The van der Waals surface area contributed by atoms with Crippen LogP contribution in [0.3, 0.4) is 0 Å². The summed E-state index contributed by atoms with van der Waals surface area (Å²) in [5.41, 5.74) is 0.861. The lowest BCUT2D eigenvalue weighted by Gasteiger charge is -2.09. The number of amides is 1. The highest BCUT2D eigenvalue weighted by atomic mass is 16.4. The molecule has 1 aromatic heterocycles. The van der Waals surface area contributed by atoms with E-state index in [1.807, 2.05) is 6.07 Å². The third kappa shape index (κ3) is 2.23. The van der Waals surface area contributed by atoms with Crippen LogP contribution in [0.4, 0.5) is 4.79 Å². The fraction of sp³-hybridized carbons (Fsp3) is 0.250. The average molecular weight is 166 g/mol. The molecule has 1 unspecified atom stereocenters. The first-order valence-corrected chi connectivity index (χ1v) is 3.59. The second-order valence-corrected chi connectivity index (χ2v) is 2.46. The summed E-state index contributed by atoms with van der Waals surface area (Å²) >= 11 is 0. The molecule has 1 atom stereocenters. The Balaban J connectivity index is 2.65. The van der Waals surface area contributed by atoms with Crippen LogP contribution in [0.15, 0.2) is 24.5 Å². The minimum Gasteiger partial charge on any atom is -0.465 e. The Morgan fingerprint density at radius 3 is 3.00 bits per heavy atom. The Labute approximate surface area is 70.3 Å². The summed E-state index contributed by atoms with van der Waals surface area (Å²) in [5, 5.41) is 10.7. The van der Waals surface area contributed by atoms with Crippen molar-refractivity contribution in [2.24, 2.45) is 0 Å². The van der Waals surface area contributed by atoms with Gasteiger partial charge in [0, 0.05) is 12.4 Å². The Bertz CT molecular complexity index is 261. The van der Waals surface area contributed by atoms with Gasteiger partial charge in [-0.3, -0.25) is 4.98 Å². The van der Waals surface area contributed by atoms with E-state index in [0.29, 0.717) is 0 Å². The number of nitrogens with one attached hydrogen (secondary N) is 1. The van der Waals surface area contributed by atoms with Gasteiger partial charge in [0.2, 0.25) is 0 Å². The second kappa shape index (κ2) is 3.71. The van der Waals surface area contributed by atoms with Crippen molar-refractivity contribution in [3.05, 3.63) is 30.1 Å². The Morgan fingerprint density at radius 1 is 1.75 bits per heavy atom. The SMILES string of the molecule is CC(NC(=O)O)c1cccnc1. The number of carboxylic acid groups (broad SMARTS) is 1. The normalized spacial score (nSPS) is 12.1. The smallest absolute Gasteiger partial charge is 0.405 e. The molecule has 1 aromatic rings. The van der Waals surface area contributed by atoms with E-state index in [-0.39, 0.29) is 6.04 Å². The zero-order valence-corrected chi connectivity index (χ0v) is 6.69. The lowest BCUT2D eigenvalue weighted by molar-refractivity contribution is 0.191. The molecule has 0 aromatic carbocycles. The average Bonchev–Trinajstić information content (AvgIpc) is 2.05. The molecule has 4 heteroatoms. The van der Waals surface area contributed by atoms with Crippen molar-refractivity contribution in [2.45, 2.75) is 13.0 Å². The summed E-state index contributed by atoms with van der Waals surface area (Å²) in [4.78, 5) is 14.1. The summed E-state index contributed by atoms with van der Waals surface area (Å²) in [7, 11) is 0. The van der Waals surface area contributed by atoms with Crippen molar-refractivity contribution in [2.75, 3.05) is 0 Å². The number of hydrogen-bond acceptors (Lipinski definition) is 2. The maximum atomic E-state index is 10.3. The van der Waals surface area contributed by atoms with Gasteiger partial charge in [0.05, 0.1) is 6.04 Å². The van der Waals surface area contributed by atoms with Gasteiger partial charge in [-0.2, -0.15) is 0 Å². The van der Waals surface area contributed by atoms with Gasteiger partial charge in [-0.05, 0) is 18.6 Å². The van der Waals surface area contributed by atoms with E-state index in [2.05, 4.69) is 10.3 Å². The third-order valence-electron chi connectivity index (χ3n) is 1.52. The van der Waals surface area contributed by atoms with E-state index >= 15 is 0 Å². The third-order valence-corrected chi connectivity index (χ3v) is 1.52. The van der Waals surface area contributed by atoms with Gasteiger partial charge in [0.15, 0.2) is 0 Å². The molecule has 0 aliphatic heterocycles. The van der Waals surface area contributed by atoms with E-state index in [1.165, 1.54) is 0 Å². The van der Waals surface area contributed by atoms with Gasteiger partial charge < -0.3 is 10.4 Å². The molecule has 4 nitrogen and oxygen atoms in total. The summed E-state index contributed by atoms with van der Waals surface area (Å²) in [6.45, 7) is 1.77. The molecule has 0 spiro atoms. The predicted octanol–water partition coefficient (Wildman–Crippen LogP) is 1.41. The molecule has 12 heavy (non-hydrogen) atoms. The fourth-order valence-corrected chi connectivity index (χ4v) is 0.901. The molecule has 0 aliphatic rings. The molecule has 0 aliphatic carbocycles. The Hall–Kier alpha value is -1.58. The van der Waals surface area contributed by atoms with Gasteiger partial charge in [0.25, 0.3) is 0 Å². The van der Waals surface area contributed by atoms with E-state index in [9.17, 15) is 4.79 Å². The number of hydrogen-bond donors (Lipinski definition) is 2. The molecule has 0 fully saturated rings. The molecule has 0 radical (unpaired) electrons. The first-order chi connectivity index (χ1) is 5.70. The highest BCUT2D eigenvalue weighted by Crippen LogP contribution is 2.08. The van der Waals surface area contributed by atoms with Crippen LogP contribution < -0.4 is 5.32 Å². The fourth-order valence-electron chi connectivity index (χ4n) is 0.901. The van der Waals surface area contributed by atoms with Gasteiger partial charge >= 0.3 is 6.09 Å². The number of pyridine rings is 1. The zero-order chi connectivity index (χ0) is 8.97. The maximum absolute atomic E-state index is 10.3. The summed E-state index contributed by atoms with van der Waals surface area (Å²) < 4.78 is 0. The Morgan fingerprint density at radius 2 is 2.50 bits per heavy atom. The predicted molar refractivity (Wildman–Crippen MR) is 43.8 cm³/mol. The molecular formula is C8H10N2O2. The lowest BCUT2D eigenvalue weighted by Crippen LogP contribution is -2.24. The quantitative estimate of drug-likeness (QED) is 0.698. The molecule has 1 heterocycles. The highest BCUT2D eigenvalue weighted by Gasteiger charge is 2.06. The van der Waals surface area contributed by atoms with Crippen LogP contribution in [0.2, 0.25) is 0 Å². The van der Waals surface area contributed by atoms with Gasteiger partial charge in [-0.25, -0.2) is 4.79 Å². The number of aromatic nitrogens is 1. The molecule has 0 saturated heterocycles. The van der Waals surface area contributed by atoms with Crippen molar-refractivity contribution >= 4 is 6.09 Å². The second-order valence-electron chi connectivity index (χ2n) is 2.46. The standard InChI is InChI=1S/C8H10N2O2/c1-6(10-8(11)12)7-3-2-4-9-5-7/h2-6,10H,1H3,(H,11,12). The summed E-state index contributed by atoms with van der Waals surface area (Å²) in [5.74, 6) is 0. The molecule has 0 bridgehead atoms.